The zero-order valence-corrected chi connectivity index (χ0v) is 15.2. The summed E-state index contributed by atoms with van der Waals surface area (Å²) >= 11 is 7.97. The van der Waals surface area contributed by atoms with E-state index in [2.05, 4.69) is 37.2 Å². The molecule has 0 spiro atoms. The Kier molecular flexibility index (Phi) is 9.94. The molecule has 120 valence electrons. The van der Waals surface area contributed by atoms with Gasteiger partial charge in [0.25, 0.3) is 0 Å². The molecule has 4 heteroatoms. The lowest BCUT2D eigenvalue weighted by atomic mass is 10.1. The quantitative estimate of drug-likeness (QED) is 0.549. The van der Waals surface area contributed by atoms with Crippen LogP contribution >= 0.6 is 23.4 Å². The summed E-state index contributed by atoms with van der Waals surface area (Å²) in [6.07, 6.45) is 11.5. The molecule has 0 aromatic heterocycles. The number of hydrogen-bond acceptors (Lipinski definition) is 2. The molecule has 1 aliphatic heterocycles. The third-order valence-electron chi connectivity index (χ3n) is 3.22. The lowest BCUT2D eigenvalue weighted by Gasteiger charge is -2.02. The second-order valence-electron chi connectivity index (χ2n) is 5.92. The molecule has 0 aromatic carbocycles. The van der Waals surface area contributed by atoms with Crippen LogP contribution in [0.3, 0.4) is 0 Å². The molecule has 0 saturated carbocycles. The predicted octanol–water partition coefficient (Wildman–Crippen LogP) is 5.70. The SMILES string of the molecule is CCCCCCCN=C1N/C(=C/C=C(/Cl)CC(C)C)CS1. The first kappa shape index (κ1) is 18.6. The molecule has 1 heterocycles. The first-order valence-electron chi connectivity index (χ1n) is 8.11. The summed E-state index contributed by atoms with van der Waals surface area (Å²) in [5.74, 6) is 1.57. The average Bonchev–Trinajstić information content (AvgIpc) is 2.88. The molecular weight excluding hydrogens is 300 g/mol. The van der Waals surface area contributed by atoms with Crippen molar-refractivity contribution in [3.8, 4) is 0 Å². The first-order chi connectivity index (χ1) is 10.1. The molecule has 0 atom stereocenters. The highest BCUT2D eigenvalue weighted by molar-refractivity contribution is 8.14. The van der Waals surface area contributed by atoms with Gasteiger partial charge >= 0.3 is 0 Å². The summed E-state index contributed by atoms with van der Waals surface area (Å²) in [5.41, 5.74) is 1.20. The van der Waals surface area contributed by atoms with E-state index in [0.29, 0.717) is 5.92 Å². The Balaban J connectivity index is 2.28. The van der Waals surface area contributed by atoms with Crippen molar-refractivity contribution in [3.63, 3.8) is 0 Å². The summed E-state index contributed by atoms with van der Waals surface area (Å²) < 4.78 is 0. The molecule has 1 saturated heterocycles. The van der Waals surface area contributed by atoms with Gasteiger partial charge in [0, 0.05) is 23.0 Å². The largest absolute Gasteiger partial charge is 0.338 e. The van der Waals surface area contributed by atoms with Crippen molar-refractivity contribution in [2.24, 2.45) is 10.9 Å². The van der Waals surface area contributed by atoms with Crippen LogP contribution in [-0.4, -0.2) is 17.5 Å². The summed E-state index contributed by atoms with van der Waals surface area (Å²) in [6.45, 7) is 7.54. The number of allylic oxidation sites excluding steroid dienone is 3. The fourth-order valence-corrected chi connectivity index (χ4v) is 3.29. The summed E-state index contributed by atoms with van der Waals surface area (Å²) in [6, 6.07) is 0. The van der Waals surface area contributed by atoms with E-state index in [1.807, 2.05) is 6.08 Å². The van der Waals surface area contributed by atoms with Crippen LogP contribution in [0.25, 0.3) is 0 Å². The van der Waals surface area contributed by atoms with Crippen molar-refractivity contribution in [3.05, 3.63) is 22.9 Å². The number of unbranched alkanes of at least 4 members (excludes halogenated alkanes) is 4. The molecular formula is C17H29ClN2S. The molecule has 0 aliphatic carbocycles. The average molecular weight is 329 g/mol. The molecule has 0 bridgehead atoms. The topological polar surface area (TPSA) is 24.4 Å². The van der Waals surface area contributed by atoms with Crippen LogP contribution in [0, 0.1) is 5.92 Å². The molecule has 1 fully saturated rings. The van der Waals surface area contributed by atoms with Gasteiger partial charge in [-0.05, 0) is 30.9 Å². The standard InChI is InChI=1S/C17H29ClN2S/c1-4-5-6-7-8-11-19-17-20-16(13-21-17)10-9-15(18)12-14(2)3/h9-10,14H,4-8,11-13H2,1-3H3,(H,19,20)/b15-9+,16-10+. The van der Waals surface area contributed by atoms with E-state index in [1.54, 1.807) is 11.8 Å². The Morgan fingerprint density at radius 3 is 2.81 bits per heavy atom. The molecule has 1 N–H and O–H groups in total. The highest BCUT2D eigenvalue weighted by atomic mass is 35.5. The smallest absolute Gasteiger partial charge is 0.161 e. The summed E-state index contributed by atoms with van der Waals surface area (Å²) in [7, 11) is 0. The van der Waals surface area contributed by atoms with Gasteiger partial charge in [-0.3, -0.25) is 4.99 Å². The number of rotatable bonds is 9. The lowest BCUT2D eigenvalue weighted by Crippen LogP contribution is -2.12. The van der Waals surface area contributed by atoms with Gasteiger partial charge < -0.3 is 5.32 Å². The Morgan fingerprint density at radius 1 is 1.33 bits per heavy atom. The minimum atomic E-state index is 0.600. The van der Waals surface area contributed by atoms with Crippen LogP contribution in [0.15, 0.2) is 27.9 Å². The van der Waals surface area contributed by atoms with E-state index in [0.717, 1.165) is 28.9 Å². The number of halogens is 1. The zero-order chi connectivity index (χ0) is 15.5. The van der Waals surface area contributed by atoms with Crippen LogP contribution in [0.4, 0.5) is 0 Å². The van der Waals surface area contributed by atoms with Crippen molar-refractivity contribution in [2.45, 2.75) is 59.3 Å². The second kappa shape index (κ2) is 11.2. The van der Waals surface area contributed by atoms with Gasteiger partial charge in [0.1, 0.15) is 0 Å². The molecule has 21 heavy (non-hydrogen) atoms. The summed E-state index contributed by atoms with van der Waals surface area (Å²) in [5, 5.41) is 5.35. The van der Waals surface area contributed by atoms with Crippen LogP contribution in [-0.2, 0) is 0 Å². The van der Waals surface area contributed by atoms with Crippen LogP contribution in [0.1, 0.15) is 59.3 Å². The Hall–Kier alpha value is -0.410. The monoisotopic (exact) mass is 328 g/mol. The van der Waals surface area contributed by atoms with Gasteiger partial charge in [0.2, 0.25) is 0 Å². The molecule has 0 unspecified atom stereocenters. The van der Waals surface area contributed by atoms with E-state index >= 15 is 0 Å². The van der Waals surface area contributed by atoms with E-state index in [4.69, 9.17) is 11.6 Å². The molecule has 0 aromatic rings. The van der Waals surface area contributed by atoms with Crippen LogP contribution in [0.5, 0.6) is 0 Å². The van der Waals surface area contributed by atoms with E-state index in [9.17, 15) is 0 Å². The molecule has 0 amide bonds. The third kappa shape index (κ3) is 9.26. The van der Waals surface area contributed by atoms with Crippen molar-refractivity contribution in [2.75, 3.05) is 12.3 Å². The minimum Gasteiger partial charge on any atom is -0.338 e. The highest BCUT2D eigenvalue weighted by Crippen LogP contribution is 2.19. The number of amidine groups is 1. The number of thioether (sulfide) groups is 1. The Morgan fingerprint density at radius 2 is 2.10 bits per heavy atom. The maximum Gasteiger partial charge on any atom is 0.161 e. The highest BCUT2D eigenvalue weighted by Gasteiger charge is 2.12. The third-order valence-corrected chi connectivity index (χ3v) is 4.46. The van der Waals surface area contributed by atoms with E-state index in [1.165, 1.54) is 37.8 Å². The molecule has 1 rings (SSSR count). The first-order valence-corrected chi connectivity index (χ1v) is 9.47. The number of hydrogen-bond donors (Lipinski definition) is 1. The maximum atomic E-state index is 6.19. The normalized spacial score (nSPS) is 19.8. The van der Waals surface area contributed by atoms with Crippen LogP contribution in [0.2, 0.25) is 0 Å². The minimum absolute atomic E-state index is 0.600. The van der Waals surface area contributed by atoms with Gasteiger partial charge in [-0.15, -0.1) is 0 Å². The summed E-state index contributed by atoms with van der Waals surface area (Å²) in [4.78, 5) is 4.62. The predicted molar refractivity (Wildman–Crippen MR) is 98.1 cm³/mol. The Labute approximate surface area is 139 Å². The van der Waals surface area contributed by atoms with Crippen LogP contribution < -0.4 is 5.32 Å². The zero-order valence-electron chi connectivity index (χ0n) is 13.6. The molecule has 0 radical (unpaired) electrons. The van der Waals surface area contributed by atoms with Crippen molar-refractivity contribution in [1.29, 1.82) is 0 Å². The Bertz CT molecular complexity index is 386. The second-order valence-corrected chi connectivity index (χ2v) is 7.37. The maximum absolute atomic E-state index is 6.19. The fourth-order valence-electron chi connectivity index (χ4n) is 2.08. The molecule has 2 nitrogen and oxygen atoms in total. The lowest BCUT2D eigenvalue weighted by molar-refractivity contribution is 0.638. The van der Waals surface area contributed by atoms with Gasteiger partial charge in [0.05, 0.1) is 0 Å². The van der Waals surface area contributed by atoms with E-state index in [-0.39, 0.29) is 0 Å². The van der Waals surface area contributed by atoms with Crippen molar-refractivity contribution in [1.82, 2.24) is 5.32 Å². The number of nitrogens with zero attached hydrogens (tertiary/aromatic N) is 1. The fraction of sp³-hybridized carbons (Fsp3) is 0.706. The number of nitrogens with one attached hydrogen (secondary N) is 1. The van der Waals surface area contributed by atoms with Gasteiger partial charge in [-0.2, -0.15) is 0 Å². The number of aliphatic imine (C=N–C) groups is 1. The van der Waals surface area contributed by atoms with Crippen molar-refractivity contribution >= 4 is 28.5 Å². The van der Waals surface area contributed by atoms with Gasteiger partial charge in [-0.1, -0.05) is 69.8 Å². The van der Waals surface area contributed by atoms with Crippen molar-refractivity contribution < 1.29 is 0 Å². The van der Waals surface area contributed by atoms with Gasteiger partial charge in [0.15, 0.2) is 5.17 Å². The molecule has 1 aliphatic rings. The van der Waals surface area contributed by atoms with E-state index < -0.39 is 0 Å². The van der Waals surface area contributed by atoms with Gasteiger partial charge in [-0.25, -0.2) is 0 Å².